The summed E-state index contributed by atoms with van der Waals surface area (Å²) < 4.78 is 14.4. The fraction of sp³-hybridized carbons (Fsp3) is 0.400. The Labute approximate surface area is 198 Å². The number of rotatable bonds is 10. The van der Waals surface area contributed by atoms with E-state index in [4.69, 9.17) is 14.6 Å². The lowest BCUT2D eigenvalue weighted by molar-refractivity contribution is -0.134. The Morgan fingerprint density at radius 2 is 1.97 bits per heavy atom. The summed E-state index contributed by atoms with van der Waals surface area (Å²) in [6.07, 6.45) is 6.61. The number of esters is 1. The lowest BCUT2D eigenvalue weighted by Gasteiger charge is -2.15. The number of pyridine rings is 1. The van der Waals surface area contributed by atoms with Crippen LogP contribution in [0.3, 0.4) is 0 Å². The number of halogens is 1. The third-order valence-corrected chi connectivity index (χ3v) is 5.58. The molecule has 0 atom stereocenters. The molecule has 0 fully saturated rings. The zero-order valence-corrected chi connectivity index (χ0v) is 20.7. The summed E-state index contributed by atoms with van der Waals surface area (Å²) in [6.45, 7) is 8.66. The molecule has 0 unspecified atom stereocenters. The molecule has 170 valence electrons. The quantitative estimate of drug-likeness (QED) is 0.193. The van der Waals surface area contributed by atoms with Crippen molar-refractivity contribution in [2.75, 3.05) is 6.61 Å². The molecule has 32 heavy (non-hydrogen) atoms. The first-order chi connectivity index (χ1) is 15.4. The molecule has 6 nitrogen and oxygen atoms in total. The van der Waals surface area contributed by atoms with Crippen LogP contribution in [0.1, 0.15) is 63.3 Å². The molecule has 0 amide bonds. The topological polar surface area (TPSA) is 66.2 Å². The second-order valence-corrected chi connectivity index (χ2v) is 8.77. The highest BCUT2D eigenvalue weighted by Gasteiger charge is 2.16. The van der Waals surface area contributed by atoms with Crippen LogP contribution in [-0.4, -0.2) is 27.3 Å². The van der Waals surface area contributed by atoms with Crippen LogP contribution in [0.2, 0.25) is 0 Å². The molecule has 7 heteroatoms. The van der Waals surface area contributed by atoms with Crippen LogP contribution in [0.15, 0.2) is 47.2 Å². The van der Waals surface area contributed by atoms with Crippen molar-refractivity contribution in [3.05, 3.63) is 64.0 Å². The van der Waals surface area contributed by atoms with E-state index in [1.165, 1.54) is 5.56 Å². The van der Waals surface area contributed by atoms with E-state index in [1.807, 2.05) is 28.9 Å². The second-order valence-electron chi connectivity index (χ2n) is 7.85. The molecule has 0 bridgehead atoms. The van der Waals surface area contributed by atoms with Gasteiger partial charge in [0, 0.05) is 23.3 Å². The van der Waals surface area contributed by atoms with Crippen LogP contribution in [-0.2, 0) is 17.6 Å². The van der Waals surface area contributed by atoms with Crippen LogP contribution in [0.5, 0.6) is 11.5 Å². The maximum atomic E-state index is 11.8. The van der Waals surface area contributed by atoms with Gasteiger partial charge in [-0.25, -0.2) is 9.67 Å². The maximum absolute atomic E-state index is 11.8. The first kappa shape index (κ1) is 24.0. The first-order valence-corrected chi connectivity index (χ1v) is 11.9. The Kier molecular flexibility index (Phi) is 8.45. The molecule has 0 aliphatic rings. The van der Waals surface area contributed by atoms with Crippen LogP contribution in [0.4, 0.5) is 0 Å². The Bertz CT molecular complexity index is 1050. The van der Waals surface area contributed by atoms with E-state index < -0.39 is 0 Å². The highest BCUT2D eigenvalue weighted by Crippen LogP contribution is 2.32. The molecule has 0 spiro atoms. The summed E-state index contributed by atoms with van der Waals surface area (Å²) in [5.41, 5.74) is 3.29. The average Bonchev–Trinajstić information content (AvgIpc) is 3.22. The number of nitrogens with zero attached hydrogens (tertiary/aromatic N) is 3. The van der Waals surface area contributed by atoms with E-state index in [-0.39, 0.29) is 5.97 Å². The van der Waals surface area contributed by atoms with Gasteiger partial charge in [0.25, 0.3) is 0 Å². The highest BCUT2D eigenvalue weighted by molar-refractivity contribution is 9.10. The molecular weight excluding hydrogens is 470 g/mol. The van der Waals surface area contributed by atoms with E-state index in [9.17, 15) is 4.79 Å². The molecule has 2 aromatic heterocycles. The number of carbonyl (C=O) groups excluding carboxylic acids is 1. The minimum absolute atomic E-state index is 0.265. The van der Waals surface area contributed by atoms with Gasteiger partial charge in [-0.3, -0.25) is 4.79 Å². The van der Waals surface area contributed by atoms with Gasteiger partial charge in [-0.05, 0) is 70.4 Å². The monoisotopic (exact) mass is 499 g/mol. The van der Waals surface area contributed by atoms with Crippen molar-refractivity contribution >= 4 is 21.9 Å². The molecule has 0 N–H and O–H groups in total. The van der Waals surface area contributed by atoms with Gasteiger partial charge in [-0.2, -0.15) is 5.10 Å². The summed E-state index contributed by atoms with van der Waals surface area (Å²) in [5, 5.41) is 4.77. The highest BCUT2D eigenvalue weighted by atomic mass is 79.9. The third-order valence-electron chi connectivity index (χ3n) is 5.11. The van der Waals surface area contributed by atoms with E-state index in [2.05, 4.69) is 47.9 Å². The lowest BCUT2D eigenvalue weighted by Crippen LogP contribution is -2.09. The second kappa shape index (κ2) is 11.3. The van der Waals surface area contributed by atoms with Crippen LogP contribution >= 0.6 is 15.9 Å². The number of hydrogen-bond donors (Lipinski definition) is 0. The molecule has 3 rings (SSSR count). The SMILES string of the molecule is CCC(=O)Oc1cccc(CC)c1OCCCc1cn(-c2ccc(Br)cn2)nc1C(C)C. The minimum Gasteiger partial charge on any atom is -0.489 e. The molecule has 3 aromatic rings. The average molecular weight is 500 g/mol. The summed E-state index contributed by atoms with van der Waals surface area (Å²) in [4.78, 5) is 16.2. The number of aromatic nitrogens is 3. The number of aryl methyl sites for hydroxylation is 2. The largest absolute Gasteiger partial charge is 0.489 e. The predicted octanol–water partition coefficient (Wildman–Crippen LogP) is 6.04. The van der Waals surface area contributed by atoms with Crippen molar-refractivity contribution < 1.29 is 14.3 Å². The Hall–Kier alpha value is -2.67. The molecular formula is C25H30BrN3O3. The number of benzene rings is 1. The molecule has 1 aromatic carbocycles. The molecule has 0 radical (unpaired) electrons. The molecule has 2 heterocycles. The van der Waals surface area contributed by atoms with Crippen molar-refractivity contribution in [3.63, 3.8) is 0 Å². The van der Waals surface area contributed by atoms with E-state index in [1.54, 1.807) is 19.2 Å². The standard InChI is InChI=1S/C25H30BrN3O3/c1-5-18-9-7-11-21(32-23(30)6-2)25(18)31-14-8-10-19-16-29(28-24(19)17(3)4)22-13-12-20(26)15-27-22/h7,9,11-13,15-17H,5-6,8,10,14H2,1-4H3. The number of para-hydroxylation sites is 1. The summed E-state index contributed by atoms with van der Waals surface area (Å²) in [6, 6.07) is 9.58. The Morgan fingerprint density at radius 3 is 2.62 bits per heavy atom. The third kappa shape index (κ3) is 5.97. The molecule has 0 saturated heterocycles. The van der Waals surface area contributed by atoms with Crippen LogP contribution in [0.25, 0.3) is 5.82 Å². The summed E-state index contributed by atoms with van der Waals surface area (Å²) in [7, 11) is 0. The zero-order chi connectivity index (χ0) is 23.1. The van der Waals surface area contributed by atoms with Gasteiger partial charge in [0.05, 0.1) is 12.3 Å². The van der Waals surface area contributed by atoms with Crippen molar-refractivity contribution in [1.29, 1.82) is 0 Å². The zero-order valence-electron chi connectivity index (χ0n) is 19.1. The van der Waals surface area contributed by atoms with Gasteiger partial charge >= 0.3 is 5.97 Å². The smallest absolute Gasteiger partial charge is 0.311 e. The molecule has 0 saturated carbocycles. The fourth-order valence-corrected chi connectivity index (χ4v) is 3.67. The van der Waals surface area contributed by atoms with Crippen LogP contribution in [0, 0.1) is 0 Å². The van der Waals surface area contributed by atoms with E-state index in [0.717, 1.165) is 40.8 Å². The van der Waals surface area contributed by atoms with E-state index >= 15 is 0 Å². The molecule has 0 aliphatic carbocycles. The van der Waals surface area contributed by atoms with Gasteiger partial charge in [-0.15, -0.1) is 0 Å². The maximum Gasteiger partial charge on any atom is 0.311 e. The van der Waals surface area contributed by atoms with Crippen molar-refractivity contribution in [2.24, 2.45) is 0 Å². The van der Waals surface area contributed by atoms with Crippen LogP contribution < -0.4 is 9.47 Å². The van der Waals surface area contributed by atoms with Gasteiger partial charge in [0.15, 0.2) is 17.3 Å². The van der Waals surface area contributed by atoms with Crippen molar-refractivity contribution in [3.8, 4) is 17.3 Å². The van der Waals surface area contributed by atoms with Crippen molar-refractivity contribution in [1.82, 2.24) is 14.8 Å². The summed E-state index contributed by atoms with van der Waals surface area (Å²) >= 11 is 3.42. The molecule has 0 aliphatic heterocycles. The van der Waals surface area contributed by atoms with Gasteiger partial charge in [-0.1, -0.05) is 39.8 Å². The normalized spacial score (nSPS) is 11.1. The minimum atomic E-state index is -0.265. The fourth-order valence-electron chi connectivity index (χ4n) is 3.44. The van der Waals surface area contributed by atoms with E-state index in [0.29, 0.717) is 30.4 Å². The lowest BCUT2D eigenvalue weighted by atomic mass is 10.0. The number of carbonyl (C=O) groups is 1. The number of ether oxygens (including phenoxy) is 2. The van der Waals surface area contributed by atoms with Gasteiger partial charge < -0.3 is 9.47 Å². The van der Waals surface area contributed by atoms with Crippen molar-refractivity contribution in [2.45, 2.75) is 59.3 Å². The first-order valence-electron chi connectivity index (χ1n) is 11.1. The van der Waals surface area contributed by atoms with Gasteiger partial charge in [0.2, 0.25) is 0 Å². The number of hydrogen-bond acceptors (Lipinski definition) is 5. The van der Waals surface area contributed by atoms with Gasteiger partial charge in [0.1, 0.15) is 0 Å². The Morgan fingerprint density at radius 1 is 1.16 bits per heavy atom. The predicted molar refractivity (Wildman–Crippen MR) is 129 cm³/mol. The Balaban J connectivity index is 1.69. The summed E-state index contributed by atoms with van der Waals surface area (Å²) in [5.74, 6) is 1.99.